The Hall–Kier alpha value is -1.88. The highest BCUT2D eigenvalue weighted by atomic mass is 16.6. The number of hydrogen-bond acceptors (Lipinski definition) is 5. The first-order valence-electron chi connectivity index (χ1n) is 8.37. The predicted molar refractivity (Wildman–Crippen MR) is 87.7 cm³/mol. The quantitative estimate of drug-likeness (QED) is 0.477. The van der Waals surface area contributed by atoms with Crippen LogP contribution in [0.25, 0.3) is 0 Å². The fourth-order valence-corrected chi connectivity index (χ4v) is 4.16. The molecule has 2 aliphatic carbocycles. The standard InChI is InChI=1S/C19H24O5/c1-8(2)18(21)23-14-6-9(3)12-7-13(20)10(4)15(12)17-16(14)11(5)19(22)24-17/h8,12-17,20H,3-7H2,1-2H3. The molecule has 6 unspecified atom stereocenters. The first-order chi connectivity index (χ1) is 11.2. The zero-order valence-corrected chi connectivity index (χ0v) is 14.2. The van der Waals surface area contributed by atoms with Crippen LogP contribution in [-0.2, 0) is 19.1 Å². The van der Waals surface area contributed by atoms with Crippen LogP contribution in [0.1, 0.15) is 26.7 Å². The van der Waals surface area contributed by atoms with Gasteiger partial charge in [-0.25, -0.2) is 4.79 Å². The topological polar surface area (TPSA) is 72.8 Å². The van der Waals surface area contributed by atoms with E-state index in [9.17, 15) is 14.7 Å². The number of carbonyl (C=O) groups excluding carboxylic acids is 2. The zero-order valence-electron chi connectivity index (χ0n) is 14.2. The molecule has 5 heteroatoms. The van der Waals surface area contributed by atoms with Gasteiger partial charge in [0.25, 0.3) is 0 Å². The fraction of sp³-hybridized carbons (Fsp3) is 0.579. The summed E-state index contributed by atoms with van der Waals surface area (Å²) >= 11 is 0. The minimum absolute atomic E-state index is 0.0264. The number of fused-ring (bicyclic) bond motifs is 3. The van der Waals surface area contributed by atoms with Crippen LogP contribution >= 0.6 is 0 Å². The second-order valence-electron chi connectivity index (χ2n) is 7.37. The molecule has 5 nitrogen and oxygen atoms in total. The highest BCUT2D eigenvalue weighted by Crippen LogP contribution is 2.52. The van der Waals surface area contributed by atoms with Gasteiger partial charge in [-0.05, 0) is 17.9 Å². The van der Waals surface area contributed by atoms with Gasteiger partial charge in [0, 0.05) is 17.9 Å². The van der Waals surface area contributed by atoms with E-state index in [0.717, 1.165) is 5.57 Å². The van der Waals surface area contributed by atoms with Crippen molar-refractivity contribution in [3.05, 3.63) is 36.5 Å². The number of aliphatic hydroxyl groups excluding tert-OH is 1. The molecule has 3 aliphatic rings. The van der Waals surface area contributed by atoms with Crippen LogP contribution in [0.15, 0.2) is 36.5 Å². The second-order valence-corrected chi connectivity index (χ2v) is 7.37. The zero-order chi connectivity index (χ0) is 17.8. The van der Waals surface area contributed by atoms with Crippen molar-refractivity contribution >= 4 is 11.9 Å². The number of esters is 2. The summed E-state index contributed by atoms with van der Waals surface area (Å²) in [5.41, 5.74) is 1.89. The molecule has 1 aliphatic heterocycles. The highest BCUT2D eigenvalue weighted by Gasteiger charge is 2.56. The van der Waals surface area contributed by atoms with Crippen LogP contribution in [0.5, 0.6) is 0 Å². The first kappa shape index (κ1) is 17.0. The van der Waals surface area contributed by atoms with E-state index in [1.807, 2.05) is 0 Å². The maximum absolute atomic E-state index is 12.1. The maximum atomic E-state index is 12.1. The molecular formula is C19H24O5. The first-order valence-corrected chi connectivity index (χ1v) is 8.37. The van der Waals surface area contributed by atoms with Crippen molar-refractivity contribution < 1.29 is 24.2 Å². The predicted octanol–water partition coefficient (Wildman–Crippen LogP) is 2.17. The van der Waals surface area contributed by atoms with E-state index in [1.165, 1.54) is 0 Å². The molecule has 2 saturated carbocycles. The molecular weight excluding hydrogens is 308 g/mol. The van der Waals surface area contributed by atoms with Crippen LogP contribution in [-0.4, -0.2) is 35.4 Å². The van der Waals surface area contributed by atoms with Gasteiger partial charge in [-0.15, -0.1) is 0 Å². The van der Waals surface area contributed by atoms with E-state index in [2.05, 4.69) is 19.7 Å². The van der Waals surface area contributed by atoms with Crippen LogP contribution in [0.4, 0.5) is 0 Å². The van der Waals surface area contributed by atoms with Gasteiger partial charge in [-0.2, -0.15) is 0 Å². The van der Waals surface area contributed by atoms with Gasteiger partial charge in [0.1, 0.15) is 12.2 Å². The Kier molecular flexibility index (Phi) is 4.16. The lowest BCUT2D eigenvalue weighted by atomic mass is 9.81. The molecule has 24 heavy (non-hydrogen) atoms. The van der Waals surface area contributed by atoms with Crippen molar-refractivity contribution in [3.8, 4) is 0 Å². The summed E-state index contributed by atoms with van der Waals surface area (Å²) in [6.07, 6.45) is -0.702. The minimum atomic E-state index is -0.625. The Morgan fingerprint density at radius 2 is 1.96 bits per heavy atom. The number of carbonyl (C=O) groups is 2. The molecule has 0 radical (unpaired) electrons. The van der Waals surface area contributed by atoms with Crippen molar-refractivity contribution in [2.75, 3.05) is 0 Å². The van der Waals surface area contributed by atoms with Crippen molar-refractivity contribution in [1.29, 1.82) is 0 Å². The van der Waals surface area contributed by atoms with Gasteiger partial charge >= 0.3 is 11.9 Å². The number of rotatable bonds is 2. The van der Waals surface area contributed by atoms with Crippen molar-refractivity contribution in [2.24, 2.45) is 23.7 Å². The van der Waals surface area contributed by atoms with Gasteiger partial charge in [-0.3, -0.25) is 4.79 Å². The summed E-state index contributed by atoms with van der Waals surface area (Å²) in [5.74, 6) is -1.69. The lowest BCUT2D eigenvalue weighted by molar-refractivity contribution is -0.156. The summed E-state index contributed by atoms with van der Waals surface area (Å²) in [6.45, 7) is 15.5. The average Bonchev–Trinajstić information content (AvgIpc) is 2.92. The number of hydrogen-bond donors (Lipinski definition) is 1. The Balaban J connectivity index is 1.98. The van der Waals surface area contributed by atoms with Gasteiger partial charge in [0.05, 0.1) is 17.9 Å². The summed E-state index contributed by atoms with van der Waals surface area (Å²) in [5, 5.41) is 10.2. The Morgan fingerprint density at radius 1 is 1.29 bits per heavy atom. The highest BCUT2D eigenvalue weighted by molar-refractivity contribution is 5.91. The van der Waals surface area contributed by atoms with Crippen molar-refractivity contribution in [2.45, 2.75) is 45.0 Å². The number of aliphatic hydroxyl groups is 1. The summed E-state index contributed by atoms with van der Waals surface area (Å²) < 4.78 is 11.2. The van der Waals surface area contributed by atoms with Crippen LogP contribution in [0.2, 0.25) is 0 Å². The molecule has 6 atom stereocenters. The molecule has 1 saturated heterocycles. The third-order valence-corrected chi connectivity index (χ3v) is 5.51. The fourth-order valence-electron chi connectivity index (χ4n) is 4.16. The van der Waals surface area contributed by atoms with E-state index in [4.69, 9.17) is 9.47 Å². The lowest BCUT2D eigenvalue weighted by Crippen LogP contribution is -2.36. The van der Waals surface area contributed by atoms with Gasteiger partial charge in [0.15, 0.2) is 0 Å². The van der Waals surface area contributed by atoms with Crippen LogP contribution in [0.3, 0.4) is 0 Å². The number of ether oxygens (including phenoxy) is 2. The van der Waals surface area contributed by atoms with Crippen LogP contribution < -0.4 is 0 Å². The maximum Gasteiger partial charge on any atom is 0.334 e. The Morgan fingerprint density at radius 3 is 2.58 bits per heavy atom. The summed E-state index contributed by atoms with van der Waals surface area (Å²) in [4.78, 5) is 24.2. The molecule has 0 aromatic rings. The molecule has 0 aromatic carbocycles. The molecule has 3 rings (SSSR count). The third kappa shape index (κ3) is 2.51. The summed E-state index contributed by atoms with van der Waals surface area (Å²) in [6, 6.07) is 0. The second kappa shape index (κ2) is 5.88. The lowest BCUT2D eigenvalue weighted by Gasteiger charge is -2.28. The SMILES string of the molecule is C=C1CC(OC(=O)C(C)C)C2C(=C)C(=O)OC2C2C(=C)C(O)CC12. The normalized spacial score (nSPS) is 38.7. The minimum Gasteiger partial charge on any atom is -0.461 e. The van der Waals surface area contributed by atoms with Gasteiger partial charge in [-0.1, -0.05) is 39.2 Å². The molecule has 0 spiro atoms. The van der Waals surface area contributed by atoms with E-state index >= 15 is 0 Å². The van der Waals surface area contributed by atoms with E-state index in [1.54, 1.807) is 13.8 Å². The van der Waals surface area contributed by atoms with Crippen LogP contribution in [0, 0.1) is 23.7 Å². The monoisotopic (exact) mass is 332 g/mol. The smallest absolute Gasteiger partial charge is 0.334 e. The molecule has 0 aromatic heterocycles. The Bertz CT molecular complexity index is 632. The third-order valence-electron chi connectivity index (χ3n) is 5.51. The largest absolute Gasteiger partial charge is 0.461 e. The van der Waals surface area contributed by atoms with E-state index in [0.29, 0.717) is 24.0 Å². The van der Waals surface area contributed by atoms with Crippen molar-refractivity contribution in [3.63, 3.8) is 0 Å². The summed E-state index contributed by atoms with van der Waals surface area (Å²) in [7, 11) is 0. The molecule has 0 amide bonds. The average molecular weight is 332 g/mol. The molecule has 0 bridgehead atoms. The van der Waals surface area contributed by atoms with E-state index < -0.39 is 30.2 Å². The molecule has 1 N–H and O–H groups in total. The van der Waals surface area contributed by atoms with Gasteiger partial charge in [0.2, 0.25) is 0 Å². The Labute approximate surface area is 142 Å². The van der Waals surface area contributed by atoms with Gasteiger partial charge < -0.3 is 14.6 Å². The van der Waals surface area contributed by atoms with Crippen molar-refractivity contribution in [1.82, 2.24) is 0 Å². The van der Waals surface area contributed by atoms with E-state index in [-0.39, 0.29) is 23.7 Å². The molecule has 3 fully saturated rings. The molecule has 130 valence electrons. The molecule has 1 heterocycles.